The summed E-state index contributed by atoms with van der Waals surface area (Å²) < 4.78 is 114. The lowest BCUT2D eigenvalue weighted by Crippen LogP contribution is -2.75. The summed E-state index contributed by atoms with van der Waals surface area (Å²) in [4.78, 5) is 0. The molecule has 0 aromatic heterocycles. The number of hydrogen-bond acceptors (Lipinski definition) is 0. The van der Waals surface area contributed by atoms with E-state index in [1.807, 2.05) is 30.3 Å². The van der Waals surface area contributed by atoms with Gasteiger partial charge in [-0.2, -0.15) is 21.9 Å². The summed E-state index contributed by atoms with van der Waals surface area (Å²) in [7, 11) is 0. The first-order chi connectivity index (χ1) is 19.0. The average Bonchev–Trinajstić information content (AvgIpc) is 2.83. The Kier molecular flexibility index (Phi) is 8.39. The van der Waals surface area contributed by atoms with Gasteiger partial charge in [0.05, 0.1) is 0 Å². The van der Waals surface area contributed by atoms with E-state index in [1.54, 1.807) is 0 Å². The Labute approximate surface area is 224 Å². The van der Waals surface area contributed by atoms with E-state index < -0.39 is 52.7 Å². The first-order valence-corrected chi connectivity index (χ1v) is 11.9. The molecule has 40 heavy (non-hydrogen) atoms. The van der Waals surface area contributed by atoms with Crippen molar-refractivity contribution in [2.75, 3.05) is 0 Å². The fraction of sp³-hybridized carbons (Fsp3) is 0. The molecule has 3 N–H and O–H groups in total. The minimum atomic E-state index is -3.29. The maximum Gasteiger partial charge on any atom is 0.127 e. The first-order valence-electron chi connectivity index (χ1n) is 11.9. The number of quaternary nitrogens is 1. The Morgan fingerprint density at radius 2 is 0.575 bits per heavy atom. The fourth-order valence-corrected chi connectivity index (χ4v) is 4.93. The maximum absolute atomic E-state index is 14.3. The van der Waals surface area contributed by atoms with Crippen molar-refractivity contribution >= 4 is 33.7 Å². The lowest BCUT2D eigenvalue weighted by molar-refractivity contribution is -0.254. The Morgan fingerprint density at radius 3 is 0.750 bits per heavy atom. The second-order valence-electron chi connectivity index (χ2n) is 9.16. The highest BCUT2D eigenvalue weighted by Crippen LogP contribution is 2.16. The number of halogens is 8. The highest BCUT2D eigenvalue weighted by atomic mass is 19.2. The molecule has 5 rings (SSSR count). The molecule has 0 radical (unpaired) electrons. The molecule has 0 bridgehead atoms. The molecule has 0 saturated heterocycles. The summed E-state index contributed by atoms with van der Waals surface area (Å²) in [6.07, 6.45) is -3.29. The highest BCUT2D eigenvalue weighted by Gasteiger charge is 2.35. The molecule has 0 unspecified atom stereocenters. The van der Waals surface area contributed by atoms with Crippen molar-refractivity contribution in [1.82, 2.24) is 0 Å². The van der Waals surface area contributed by atoms with E-state index in [2.05, 4.69) is 5.73 Å². The maximum atomic E-state index is 14.3. The van der Waals surface area contributed by atoms with Crippen molar-refractivity contribution in [3.8, 4) is 0 Å². The molecule has 1 nitrogen and oxygen atoms in total. The largest absolute Gasteiger partial charge is 0.325 e. The van der Waals surface area contributed by atoms with Crippen LogP contribution in [0.3, 0.4) is 0 Å². The third-order valence-electron chi connectivity index (χ3n) is 6.38. The zero-order chi connectivity index (χ0) is 29.0. The molecule has 5 aromatic carbocycles. The van der Waals surface area contributed by atoms with E-state index >= 15 is 0 Å². The minimum absolute atomic E-state index is 0.354. The van der Waals surface area contributed by atoms with Crippen LogP contribution in [-0.4, -0.2) is 6.15 Å². The summed E-state index contributed by atoms with van der Waals surface area (Å²) in [5.74, 6) is -8.99. The smallest absolute Gasteiger partial charge is 0.127 e. The van der Waals surface area contributed by atoms with E-state index in [-0.39, 0.29) is 21.9 Å². The van der Waals surface area contributed by atoms with Gasteiger partial charge in [0.15, 0.2) is 0 Å². The van der Waals surface area contributed by atoms with Gasteiger partial charge >= 0.3 is 0 Å². The van der Waals surface area contributed by atoms with Crippen LogP contribution in [0.25, 0.3) is 0 Å². The van der Waals surface area contributed by atoms with Crippen molar-refractivity contribution in [3.05, 3.63) is 150 Å². The molecule has 0 saturated carbocycles. The van der Waals surface area contributed by atoms with Crippen LogP contribution in [0.4, 0.5) is 40.8 Å². The number of benzene rings is 5. The second-order valence-corrected chi connectivity index (χ2v) is 9.16. The molecule has 0 aliphatic carbocycles. The van der Waals surface area contributed by atoms with Gasteiger partial charge in [-0.15, -0.1) is 0 Å². The average molecular weight is 557 g/mol. The Bertz CT molecular complexity index is 1370. The molecule has 0 aliphatic rings. The molecule has 0 amide bonds. The van der Waals surface area contributed by atoms with E-state index in [1.165, 1.54) is 0 Å². The predicted molar refractivity (Wildman–Crippen MR) is 139 cm³/mol. The van der Waals surface area contributed by atoms with Gasteiger partial charge in [0.25, 0.3) is 0 Å². The summed E-state index contributed by atoms with van der Waals surface area (Å²) in [5.41, 5.74) is 3.38. The predicted octanol–water partition coefficient (Wildman–Crippen LogP) is 4.74. The molecule has 0 atom stereocenters. The summed E-state index contributed by atoms with van der Waals surface area (Å²) >= 11 is 0. The van der Waals surface area contributed by atoms with Gasteiger partial charge in [-0.3, -0.25) is 0 Å². The van der Waals surface area contributed by atoms with Gasteiger partial charge in [0.2, 0.25) is 0 Å². The van der Waals surface area contributed by atoms with Gasteiger partial charge in [-0.05, 0) is 12.1 Å². The standard InChI is InChI=1S/C24H12BF8.C6H7N/c26-17-1-13(2-18(27)9-17)25(14-3-19(28)10-20(29)4-14,15-5-21(30)11-22(31)6-15)16-7-23(32)12-24(33)8-16;7-6-4-2-1-3-5-6/h1-12H;1-5H,7H2/q-1;/p+1. The Hall–Kier alpha value is -4.44. The Balaban J connectivity index is 0.000000461. The molecule has 5 aromatic rings. The second kappa shape index (κ2) is 11.8. The summed E-state index contributed by atoms with van der Waals surface area (Å²) in [6.45, 7) is 0. The van der Waals surface area contributed by atoms with Gasteiger partial charge in [0.1, 0.15) is 58.4 Å². The quantitative estimate of drug-likeness (QED) is 0.245. The van der Waals surface area contributed by atoms with Crippen molar-refractivity contribution in [2.24, 2.45) is 0 Å². The van der Waals surface area contributed by atoms with Gasteiger partial charge < -0.3 is 5.73 Å². The lowest BCUT2D eigenvalue weighted by atomic mass is 9.13. The van der Waals surface area contributed by atoms with Crippen LogP contribution < -0.4 is 27.6 Å². The van der Waals surface area contributed by atoms with Crippen LogP contribution in [0.5, 0.6) is 0 Å². The lowest BCUT2D eigenvalue weighted by Gasteiger charge is -2.44. The van der Waals surface area contributed by atoms with Crippen molar-refractivity contribution in [3.63, 3.8) is 0 Å². The topological polar surface area (TPSA) is 27.6 Å². The van der Waals surface area contributed by atoms with Crippen molar-refractivity contribution in [2.45, 2.75) is 0 Å². The van der Waals surface area contributed by atoms with Crippen LogP contribution in [-0.2, 0) is 0 Å². The SMILES string of the molecule is Fc1cc(F)cc([B-](c2cc(F)cc(F)c2)(c2cc(F)cc(F)c2)c2cc(F)cc(F)c2)c1.[NH3+]c1ccccc1. The number of hydrogen-bond donors (Lipinski definition) is 1. The monoisotopic (exact) mass is 557 g/mol. The molecule has 0 aliphatic heterocycles. The summed E-state index contributed by atoms with van der Waals surface area (Å²) in [6, 6.07) is 18.1. The zero-order valence-corrected chi connectivity index (χ0v) is 20.6. The van der Waals surface area contributed by atoms with Gasteiger partial charge in [-0.1, -0.05) is 66.7 Å². The number of rotatable bonds is 4. The van der Waals surface area contributed by atoms with E-state index in [9.17, 15) is 35.1 Å². The molecule has 10 heteroatoms. The zero-order valence-electron chi connectivity index (χ0n) is 20.6. The molecule has 0 heterocycles. The van der Waals surface area contributed by atoms with Crippen LogP contribution >= 0.6 is 0 Å². The molecular formula is C30H20BF8N. The molecule has 0 fully saturated rings. The summed E-state index contributed by atoms with van der Waals surface area (Å²) in [5, 5.41) is 0. The van der Waals surface area contributed by atoms with Crippen LogP contribution in [0.2, 0.25) is 0 Å². The van der Waals surface area contributed by atoms with Crippen LogP contribution in [0.1, 0.15) is 0 Å². The van der Waals surface area contributed by atoms with E-state index in [0.717, 1.165) is 54.2 Å². The van der Waals surface area contributed by atoms with Gasteiger partial charge in [-0.25, -0.2) is 35.1 Å². The first kappa shape index (κ1) is 28.6. The molecule has 0 spiro atoms. The van der Waals surface area contributed by atoms with Gasteiger partial charge in [0, 0.05) is 24.3 Å². The van der Waals surface area contributed by atoms with Crippen LogP contribution in [0, 0.1) is 46.5 Å². The molecular weight excluding hydrogens is 537 g/mol. The normalized spacial score (nSPS) is 11.1. The highest BCUT2D eigenvalue weighted by molar-refractivity contribution is 7.19. The third kappa shape index (κ3) is 6.23. The Morgan fingerprint density at radius 1 is 0.350 bits per heavy atom. The fourth-order valence-electron chi connectivity index (χ4n) is 4.93. The van der Waals surface area contributed by atoms with Crippen LogP contribution in [0.15, 0.2) is 103 Å². The third-order valence-corrected chi connectivity index (χ3v) is 6.38. The molecule has 204 valence electrons. The minimum Gasteiger partial charge on any atom is -0.325 e. The van der Waals surface area contributed by atoms with Crippen molar-refractivity contribution < 1.29 is 40.9 Å². The van der Waals surface area contributed by atoms with E-state index in [4.69, 9.17) is 0 Å². The van der Waals surface area contributed by atoms with Crippen molar-refractivity contribution in [1.29, 1.82) is 0 Å². The van der Waals surface area contributed by atoms with E-state index in [0.29, 0.717) is 24.3 Å².